The third-order valence-electron chi connectivity index (χ3n) is 3.45. The molecule has 1 saturated heterocycles. The minimum atomic E-state index is 0.610. The normalized spacial score (nSPS) is 27.3. The predicted molar refractivity (Wildman–Crippen MR) is 67.1 cm³/mol. The van der Waals surface area contributed by atoms with E-state index in [1.54, 1.807) is 0 Å². The monoisotopic (exact) mass is 210 g/mol. The van der Waals surface area contributed by atoms with Crippen molar-refractivity contribution < 1.29 is 0 Å². The summed E-state index contributed by atoms with van der Waals surface area (Å²) >= 11 is 0. The van der Waals surface area contributed by atoms with Crippen LogP contribution in [-0.4, -0.2) is 36.6 Å². The first-order valence-corrected chi connectivity index (χ1v) is 6.23. The quantitative estimate of drug-likeness (QED) is 0.700. The first kappa shape index (κ1) is 12.7. The van der Waals surface area contributed by atoms with Gasteiger partial charge in [-0.05, 0) is 39.2 Å². The SMILES string of the molecule is C=CCN(CC1NCCCC1C)C(C)C. The summed E-state index contributed by atoms with van der Waals surface area (Å²) in [5.74, 6) is 0.810. The zero-order valence-electron chi connectivity index (χ0n) is 10.5. The van der Waals surface area contributed by atoms with E-state index < -0.39 is 0 Å². The van der Waals surface area contributed by atoms with E-state index in [-0.39, 0.29) is 0 Å². The lowest BCUT2D eigenvalue weighted by Gasteiger charge is -2.36. The van der Waals surface area contributed by atoms with Gasteiger partial charge in [0.15, 0.2) is 0 Å². The largest absolute Gasteiger partial charge is 0.312 e. The Bertz CT molecular complexity index is 189. The maximum absolute atomic E-state index is 3.83. The van der Waals surface area contributed by atoms with E-state index in [0.29, 0.717) is 12.1 Å². The Hall–Kier alpha value is -0.340. The van der Waals surface area contributed by atoms with E-state index in [2.05, 4.69) is 37.6 Å². The van der Waals surface area contributed by atoms with Crippen LogP contribution in [0, 0.1) is 5.92 Å². The van der Waals surface area contributed by atoms with Gasteiger partial charge < -0.3 is 5.32 Å². The minimum absolute atomic E-state index is 0.610. The molecule has 2 unspecified atom stereocenters. The van der Waals surface area contributed by atoms with Gasteiger partial charge in [-0.3, -0.25) is 4.90 Å². The van der Waals surface area contributed by atoms with Crippen molar-refractivity contribution >= 4 is 0 Å². The topological polar surface area (TPSA) is 15.3 Å². The Morgan fingerprint density at radius 2 is 2.27 bits per heavy atom. The second kappa shape index (κ2) is 6.29. The lowest BCUT2D eigenvalue weighted by Crippen LogP contribution is -2.49. The molecule has 15 heavy (non-hydrogen) atoms. The van der Waals surface area contributed by atoms with Crippen LogP contribution in [0.3, 0.4) is 0 Å². The highest BCUT2D eigenvalue weighted by Gasteiger charge is 2.23. The summed E-state index contributed by atoms with van der Waals surface area (Å²) < 4.78 is 0. The number of nitrogens with one attached hydrogen (secondary N) is 1. The molecule has 0 radical (unpaired) electrons. The Morgan fingerprint density at radius 3 is 2.80 bits per heavy atom. The van der Waals surface area contributed by atoms with E-state index in [1.165, 1.54) is 19.4 Å². The van der Waals surface area contributed by atoms with Crippen molar-refractivity contribution in [1.29, 1.82) is 0 Å². The van der Waals surface area contributed by atoms with Gasteiger partial charge in [0.25, 0.3) is 0 Å². The molecule has 1 heterocycles. The van der Waals surface area contributed by atoms with E-state index in [1.807, 2.05) is 6.08 Å². The summed E-state index contributed by atoms with van der Waals surface area (Å²) in [5, 5.41) is 3.64. The summed E-state index contributed by atoms with van der Waals surface area (Å²) in [7, 11) is 0. The van der Waals surface area contributed by atoms with Crippen LogP contribution in [0.4, 0.5) is 0 Å². The summed E-state index contributed by atoms with van der Waals surface area (Å²) in [5.41, 5.74) is 0. The van der Waals surface area contributed by atoms with E-state index in [9.17, 15) is 0 Å². The van der Waals surface area contributed by atoms with Crippen molar-refractivity contribution in [2.45, 2.75) is 45.7 Å². The molecule has 1 rings (SSSR count). The number of nitrogens with zero attached hydrogens (tertiary/aromatic N) is 1. The molecule has 0 aliphatic carbocycles. The van der Waals surface area contributed by atoms with E-state index >= 15 is 0 Å². The van der Waals surface area contributed by atoms with E-state index in [4.69, 9.17) is 0 Å². The highest BCUT2D eigenvalue weighted by Crippen LogP contribution is 2.17. The number of hydrogen-bond acceptors (Lipinski definition) is 2. The van der Waals surface area contributed by atoms with Crippen LogP contribution >= 0.6 is 0 Å². The molecule has 1 N–H and O–H groups in total. The van der Waals surface area contributed by atoms with Crippen molar-refractivity contribution in [2.24, 2.45) is 5.92 Å². The smallest absolute Gasteiger partial charge is 0.0220 e. The van der Waals surface area contributed by atoms with Crippen molar-refractivity contribution in [3.63, 3.8) is 0 Å². The molecular formula is C13H26N2. The van der Waals surface area contributed by atoms with Crippen molar-refractivity contribution in [1.82, 2.24) is 10.2 Å². The Morgan fingerprint density at radius 1 is 1.53 bits per heavy atom. The molecule has 0 aromatic heterocycles. The molecule has 2 heteroatoms. The second-order valence-corrected chi connectivity index (χ2v) is 5.02. The van der Waals surface area contributed by atoms with Gasteiger partial charge in [-0.2, -0.15) is 0 Å². The van der Waals surface area contributed by atoms with Crippen LogP contribution < -0.4 is 5.32 Å². The highest BCUT2D eigenvalue weighted by atomic mass is 15.2. The molecule has 88 valence electrons. The average molecular weight is 210 g/mol. The molecule has 0 spiro atoms. The van der Waals surface area contributed by atoms with E-state index in [0.717, 1.165) is 19.0 Å². The van der Waals surface area contributed by atoms with Gasteiger partial charge in [0.1, 0.15) is 0 Å². The molecule has 1 fully saturated rings. The lowest BCUT2D eigenvalue weighted by molar-refractivity contribution is 0.174. The van der Waals surface area contributed by atoms with Crippen LogP contribution in [0.25, 0.3) is 0 Å². The van der Waals surface area contributed by atoms with Crippen LogP contribution in [0.2, 0.25) is 0 Å². The molecule has 0 saturated carbocycles. The summed E-state index contributed by atoms with van der Waals surface area (Å²) in [6.45, 7) is 14.1. The molecule has 0 aromatic carbocycles. The molecule has 0 bridgehead atoms. The zero-order valence-corrected chi connectivity index (χ0v) is 10.5. The Balaban J connectivity index is 2.44. The van der Waals surface area contributed by atoms with Crippen molar-refractivity contribution in [2.75, 3.05) is 19.6 Å². The van der Waals surface area contributed by atoms with Gasteiger partial charge in [-0.15, -0.1) is 6.58 Å². The minimum Gasteiger partial charge on any atom is -0.312 e. The number of hydrogen-bond donors (Lipinski definition) is 1. The van der Waals surface area contributed by atoms with Gasteiger partial charge in [0, 0.05) is 25.2 Å². The van der Waals surface area contributed by atoms with Gasteiger partial charge in [0.05, 0.1) is 0 Å². The summed E-state index contributed by atoms with van der Waals surface area (Å²) in [4.78, 5) is 2.49. The highest BCUT2D eigenvalue weighted by molar-refractivity contribution is 4.85. The molecule has 1 aliphatic rings. The fraction of sp³-hybridized carbons (Fsp3) is 0.846. The average Bonchev–Trinajstić information content (AvgIpc) is 2.20. The maximum atomic E-state index is 3.83. The van der Waals surface area contributed by atoms with Gasteiger partial charge >= 0.3 is 0 Å². The first-order chi connectivity index (χ1) is 7.15. The van der Waals surface area contributed by atoms with Crippen molar-refractivity contribution in [3.8, 4) is 0 Å². The van der Waals surface area contributed by atoms with Crippen molar-refractivity contribution in [3.05, 3.63) is 12.7 Å². The first-order valence-electron chi connectivity index (χ1n) is 6.23. The Labute approximate surface area is 94.7 Å². The number of piperidine rings is 1. The van der Waals surface area contributed by atoms with Crippen LogP contribution in [0.1, 0.15) is 33.6 Å². The van der Waals surface area contributed by atoms with Gasteiger partial charge in [-0.1, -0.05) is 13.0 Å². The van der Waals surface area contributed by atoms with Crippen LogP contribution in [-0.2, 0) is 0 Å². The Kier molecular flexibility index (Phi) is 5.34. The molecule has 0 aromatic rings. The standard InChI is InChI=1S/C13H26N2/c1-5-9-15(11(2)3)10-13-12(4)7-6-8-14-13/h5,11-14H,1,6-10H2,2-4H3. The third-order valence-corrected chi connectivity index (χ3v) is 3.45. The van der Waals surface area contributed by atoms with Crippen LogP contribution in [0.15, 0.2) is 12.7 Å². The lowest BCUT2D eigenvalue weighted by atomic mass is 9.92. The molecule has 2 nitrogen and oxygen atoms in total. The van der Waals surface area contributed by atoms with Gasteiger partial charge in [-0.25, -0.2) is 0 Å². The second-order valence-electron chi connectivity index (χ2n) is 5.02. The van der Waals surface area contributed by atoms with Crippen LogP contribution in [0.5, 0.6) is 0 Å². The molecule has 0 amide bonds. The molecular weight excluding hydrogens is 184 g/mol. The fourth-order valence-corrected chi connectivity index (χ4v) is 2.27. The number of rotatable bonds is 5. The summed E-state index contributed by atoms with van der Waals surface area (Å²) in [6.07, 6.45) is 4.71. The third kappa shape index (κ3) is 3.96. The summed E-state index contributed by atoms with van der Waals surface area (Å²) in [6, 6.07) is 1.28. The molecule has 1 aliphatic heterocycles. The van der Waals surface area contributed by atoms with Gasteiger partial charge in [0.2, 0.25) is 0 Å². The molecule has 2 atom stereocenters. The maximum Gasteiger partial charge on any atom is 0.0220 e. The predicted octanol–water partition coefficient (Wildman–Crippen LogP) is 2.27. The fourth-order valence-electron chi connectivity index (χ4n) is 2.27. The zero-order chi connectivity index (χ0) is 11.3.